The molecule has 15 heavy (non-hydrogen) atoms. The summed E-state index contributed by atoms with van der Waals surface area (Å²) in [4.78, 5) is 4.57. The Balaban J connectivity index is 3.60. The van der Waals surface area contributed by atoms with Crippen LogP contribution in [0.2, 0.25) is 0 Å². The summed E-state index contributed by atoms with van der Waals surface area (Å²) in [5.41, 5.74) is 5.39. The molecule has 0 radical (unpaired) electrons. The maximum absolute atomic E-state index is 8.38. The lowest BCUT2D eigenvalue weighted by Gasteiger charge is -2.22. The highest BCUT2D eigenvalue weighted by Gasteiger charge is 2.03. The van der Waals surface area contributed by atoms with Crippen LogP contribution in [-0.4, -0.2) is 60.6 Å². The van der Waals surface area contributed by atoms with Crippen molar-refractivity contribution in [2.24, 2.45) is 10.9 Å². The summed E-state index contributed by atoms with van der Waals surface area (Å²) in [5.74, 6) is 0.296. The van der Waals surface area contributed by atoms with E-state index in [9.17, 15) is 0 Å². The van der Waals surface area contributed by atoms with E-state index in [4.69, 9.17) is 10.9 Å². The van der Waals surface area contributed by atoms with Crippen molar-refractivity contribution >= 4 is 5.84 Å². The lowest BCUT2D eigenvalue weighted by Crippen LogP contribution is -2.34. The number of likely N-dealkylation sites (N-methyl/N-ethyl adjacent to an activating group) is 2. The first-order valence-electron chi connectivity index (χ1n) is 5.51. The van der Waals surface area contributed by atoms with Gasteiger partial charge in [-0.25, -0.2) is 0 Å². The number of hydrogen-bond acceptors (Lipinski definition) is 4. The van der Waals surface area contributed by atoms with Crippen LogP contribution in [0, 0.1) is 0 Å². The van der Waals surface area contributed by atoms with Gasteiger partial charge in [0.05, 0.1) is 0 Å². The van der Waals surface area contributed by atoms with Gasteiger partial charge in [-0.15, -0.1) is 0 Å². The van der Waals surface area contributed by atoms with E-state index in [0.29, 0.717) is 12.3 Å². The van der Waals surface area contributed by atoms with Crippen LogP contribution in [0.25, 0.3) is 0 Å². The maximum atomic E-state index is 8.38. The Morgan fingerprint density at radius 3 is 2.27 bits per heavy atom. The van der Waals surface area contributed by atoms with Crippen LogP contribution in [0.5, 0.6) is 0 Å². The third-order valence-corrected chi connectivity index (χ3v) is 2.57. The molecule has 0 aliphatic rings. The first kappa shape index (κ1) is 14.2. The van der Waals surface area contributed by atoms with Crippen molar-refractivity contribution in [2.75, 3.05) is 39.8 Å². The van der Waals surface area contributed by atoms with Gasteiger partial charge >= 0.3 is 0 Å². The average molecular weight is 216 g/mol. The van der Waals surface area contributed by atoms with Gasteiger partial charge in [0.25, 0.3) is 0 Å². The molecule has 0 atom stereocenters. The molecule has 0 aromatic carbocycles. The quantitative estimate of drug-likeness (QED) is 0.267. The highest BCUT2D eigenvalue weighted by atomic mass is 16.4. The molecule has 0 unspecified atom stereocenters. The SMILES string of the molecule is CCN(CC)CCN(C)CCC(N)=NO. The summed E-state index contributed by atoms with van der Waals surface area (Å²) in [7, 11) is 2.05. The highest BCUT2D eigenvalue weighted by Crippen LogP contribution is 1.91. The second-order valence-electron chi connectivity index (χ2n) is 3.67. The first-order valence-corrected chi connectivity index (χ1v) is 5.51. The minimum absolute atomic E-state index is 0.296. The molecule has 0 bridgehead atoms. The normalized spacial score (nSPS) is 12.7. The van der Waals surface area contributed by atoms with Crippen LogP contribution in [0.1, 0.15) is 20.3 Å². The fourth-order valence-corrected chi connectivity index (χ4v) is 1.32. The van der Waals surface area contributed by atoms with Crippen LogP contribution >= 0.6 is 0 Å². The van der Waals surface area contributed by atoms with Gasteiger partial charge in [0.15, 0.2) is 0 Å². The number of amidine groups is 1. The van der Waals surface area contributed by atoms with Crippen LogP contribution < -0.4 is 5.73 Å². The molecule has 5 nitrogen and oxygen atoms in total. The third kappa shape index (κ3) is 7.16. The monoisotopic (exact) mass is 216 g/mol. The highest BCUT2D eigenvalue weighted by molar-refractivity contribution is 5.79. The first-order chi connectivity index (χ1) is 7.13. The molecular weight excluding hydrogens is 192 g/mol. The molecule has 0 aliphatic carbocycles. The third-order valence-electron chi connectivity index (χ3n) is 2.57. The molecule has 3 N–H and O–H groups in total. The van der Waals surface area contributed by atoms with E-state index in [2.05, 4.69) is 28.8 Å². The summed E-state index contributed by atoms with van der Waals surface area (Å²) < 4.78 is 0. The Morgan fingerprint density at radius 1 is 1.20 bits per heavy atom. The molecule has 0 fully saturated rings. The molecule has 0 spiro atoms. The lowest BCUT2D eigenvalue weighted by atomic mass is 10.3. The molecule has 0 amide bonds. The zero-order valence-electron chi connectivity index (χ0n) is 10.1. The van der Waals surface area contributed by atoms with Crippen LogP contribution in [-0.2, 0) is 0 Å². The smallest absolute Gasteiger partial charge is 0.140 e. The zero-order valence-corrected chi connectivity index (χ0v) is 10.1. The van der Waals surface area contributed by atoms with Gasteiger partial charge in [0.2, 0.25) is 0 Å². The molecule has 90 valence electrons. The summed E-state index contributed by atoms with van der Waals surface area (Å²) in [6, 6.07) is 0. The molecular formula is C10H24N4O. The van der Waals surface area contributed by atoms with E-state index >= 15 is 0 Å². The average Bonchev–Trinajstić information content (AvgIpc) is 2.27. The van der Waals surface area contributed by atoms with Gasteiger partial charge in [-0.1, -0.05) is 19.0 Å². The number of oxime groups is 1. The van der Waals surface area contributed by atoms with Crippen LogP contribution in [0.15, 0.2) is 5.16 Å². The maximum Gasteiger partial charge on any atom is 0.140 e. The van der Waals surface area contributed by atoms with Crippen LogP contribution in [0.3, 0.4) is 0 Å². The largest absolute Gasteiger partial charge is 0.409 e. The molecule has 0 aliphatic heterocycles. The van der Waals surface area contributed by atoms with E-state index in [0.717, 1.165) is 32.7 Å². The van der Waals surface area contributed by atoms with E-state index in [1.165, 1.54) is 0 Å². The number of nitrogens with two attached hydrogens (primary N) is 1. The summed E-state index contributed by atoms with van der Waals surface area (Å²) in [6.45, 7) is 9.42. The fraction of sp³-hybridized carbons (Fsp3) is 0.900. The van der Waals surface area contributed by atoms with Gasteiger partial charge in [-0.2, -0.15) is 0 Å². The molecule has 0 heterocycles. The van der Waals surface area contributed by atoms with Gasteiger partial charge in [0, 0.05) is 26.1 Å². The number of nitrogens with zero attached hydrogens (tertiary/aromatic N) is 3. The number of hydrogen-bond donors (Lipinski definition) is 2. The predicted molar refractivity (Wildman–Crippen MR) is 63.3 cm³/mol. The standard InChI is InChI=1S/C10H24N4O/c1-4-14(5-2)9-8-13(3)7-6-10(11)12-15/h15H,4-9H2,1-3H3,(H2,11,12). The Hall–Kier alpha value is -0.810. The van der Waals surface area contributed by atoms with Gasteiger partial charge in [-0.3, -0.25) is 0 Å². The Kier molecular flexibility index (Phi) is 8.04. The van der Waals surface area contributed by atoms with Gasteiger partial charge < -0.3 is 20.7 Å². The van der Waals surface area contributed by atoms with E-state index in [1.54, 1.807) is 0 Å². The zero-order chi connectivity index (χ0) is 11.7. The van der Waals surface area contributed by atoms with Gasteiger partial charge in [-0.05, 0) is 20.1 Å². The van der Waals surface area contributed by atoms with Crippen molar-refractivity contribution in [3.8, 4) is 0 Å². The van der Waals surface area contributed by atoms with E-state index in [-0.39, 0.29) is 0 Å². The van der Waals surface area contributed by atoms with Crippen LogP contribution in [0.4, 0.5) is 0 Å². The second kappa shape index (κ2) is 8.49. The van der Waals surface area contributed by atoms with Crippen molar-refractivity contribution in [3.63, 3.8) is 0 Å². The fourth-order valence-electron chi connectivity index (χ4n) is 1.32. The summed E-state index contributed by atoms with van der Waals surface area (Å²) in [6.07, 6.45) is 0.616. The summed E-state index contributed by atoms with van der Waals surface area (Å²) in [5, 5.41) is 11.3. The predicted octanol–water partition coefficient (Wildman–Crippen LogP) is 0.397. The Bertz CT molecular complexity index is 180. The molecule has 5 heteroatoms. The van der Waals surface area contributed by atoms with E-state index in [1.807, 2.05) is 7.05 Å². The topological polar surface area (TPSA) is 65.1 Å². The molecule has 0 saturated carbocycles. The van der Waals surface area contributed by atoms with Crippen molar-refractivity contribution in [3.05, 3.63) is 0 Å². The molecule has 0 rings (SSSR count). The summed E-state index contributed by atoms with van der Waals surface area (Å²) >= 11 is 0. The van der Waals surface area contributed by atoms with Crippen molar-refractivity contribution in [2.45, 2.75) is 20.3 Å². The Labute approximate surface area is 92.5 Å². The number of rotatable bonds is 8. The molecule has 0 saturated heterocycles. The lowest BCUT2D eigenvalue weighted by molar-refractivity contribution is 0.243. The van der Waals surface area contributed by atoms with Crippen molar-refractivity contribution in [1.82, 2.24) is 9.80 Å². The van der Waals surface area contributed by atoms with Crippen molar-refractivity contribution in [1.29, 1.82) is 0 Å². The van der Waals surface area contributed by atoms with E-state index < -0.39 is 0 Å². The minimum atomic E-state index is 0.296. The molecule has 0 aromatic heterocycles. The second-order valence-corrected chi connectivity index (χ2v) is 3.67. The minimum Gasteiger partial charge on any atom is -0.409 e. The van der Waals surface area contributed by atoms with Gasteiger partial charge in [0.1, 0.15) is 5.84 Å². The van der Waals surface area contributed by atoms with Crippen molar-refractivity contribution < 1.29 is 5.21 Å². The molecule has 0 aromatic rings. The Morgan fingerprint density at radius 2 is 1.80 bits per heavy atom.